The zero-order chi connectivity index (χ0) is 15.8. The molecule has 4 rings (SSSR count). The predicted molar refractivity (Wildman–Crippen MR) is 90.8 cm³/mol. The number of anilines is 1. The molecule has 5 nitrogen and oxygen atoms in total. The summed E-state index contributed by atoms with van der Waals surface area (Å²) in [5.74, 6) is 0.257. The Morgan fingerprint density at radius 1 is 1.13 bits per heavy atom. The number of hydrogen-bond acceptors (Lipinski definition) is 3. The summed E-state index contributed by atoms with van der Waals surface area (Å²) in [6, 6.07) is 14.5. The fraction of sp³-hybridized carbons (Fsp3) is 0. The van der Waals surface area contributed by atoms with E-state index in [1.54, 1.807) is 24.4 Å². The lowest BCUT2D eigenvalue weighted by molar-refractivity contribution is 0.102. The molecule has 4 aromatic rings. The Bertz CT molecular complexity index is 1040. The summed E-state index contributed by atoms with van der Waals surface area (Å²) in [4.78, 5) is 16.7. The van der Waals surface area contributed by atoms with E-state index in [9.17, 15) is 4.79 Å². The number of nitrogens with zero attached hydrogens (tertiary/aromatic N) is 2. The number of benzene rings is 2. The summed E-state index contributed by atoms with van der Waals surface area (Å²) in [7, 11) is 0. The number of H-pyrrole nitrogens is 1. The Kier molecular flexibility index (Phi) is 3.20. The Hall–Kier alpha value is -2.92. The molecule has 23 heavy (non-hydrogen) atoms. The molecule has 1 amide bonds. The number of carbonyl (C=O) groups is 1. The highest BCUT2D eigenvalue weighted by Gasteiger charge is 2.12. The van der Waals surface area contributed by atoms with Crippen LogP contribution in [0.3, 0.4) is 0 Å². The minimum atomic E-state index is -0.223. The van der Waals surface area contributed by atoms with Gasteiger partial charge in [-0.2, -0.15) is 5.10 Å². The Labute approximate surface area is 136 Å². The molecule has 2 heterocycles. The van der Waals surface area contributed by atoms with Crippen LogP contribution in [0.4, 0.5) is 5.82 Å². The molecule has 0 fully saturated rings. The van der Waals surface area contributed by atoms with E-state index in [-0.39, 0.29) is 5.91 Å². The zero-order valence-electron chi connectivity index (χ0n) is 11.9. The number of amides is 1. The zero-order valence-corrected chi connectivity index (χ0v) is 12.6. The van der Waals surface area contributed by atoms with Crippen LogP contribution >= 0.6 is 11.6 Å². The van der Waals surface area contributed by atoms with Crippen molar-refractivity contribution >= 4 is 45.1 Å². The van der Waals surface area contributed by atoms with Gasteiger partial charge in [-0.3, -0.25) is 14.9 Å². The fourth-order valence-electron chi connectivity index (χ4n) is 2.48. The highest BCUT2D eigenvalue weighted by molar-refractivity contribution is 6.31. The summed E-state index contributed by atoms with van der Waals surface area (Å²) in [6.07, 6.45) is 1.73. The smallest absolute Gasteiger partial charge is 0.256 e. The van der Waals surface area contributed by atoms with Crippen molar-refractivity contribution < 1.29 is 4.79 Å². The monoisotopic (exact) mass is 322 g/mol. The minimum absolute atomic E-state index is 0.223. The number of hydrogen-bond donors (Lipinski definition) is 2. The van der Waals surface area contributed by atoms with Crippen molar-refractivity contribution in [1.29, 1.82) is 0 Å². The third-order valence-electron chi connectivity index (χ3n) is 3.62. The normalized spacial score (nSPS) is 11.0. The van der Waals surface area contributed by atoms with Gasteiger partial charge in [0.15, 0.2) is 5.82 Å². The van der Waals surface area contributed by atoms with E-state index in [0.717, 1.165) is 21.8 Å². The number of rotatable bonds is 2. The highest BCUT2D eigenvalue weighted by atomic mass is 35.5. The summed E-state index contributed by atoms with van der Waals surface area (Å²) >= 11 is 5.94. The van der Waals surface area contributed by atoms with Crippen molar-refractivity contribution in [2.45, 2.75) is 0 Å². The van der Waals surface area contributed by atoms with Gasteiger partial charge in [0.25, 0.3) is 5.91 Å². The quantitative estimate of drug-likeness (QED) is 0.585. The average Bonchev–Trinajstić information content (AvgIpc) is 2.96. The number of pyridine rings is 1. The summed E-state index contributed by atoms with van der Waals surface area (Å²) in [5, 5.41) is 12.2. The van der Waals surface area contributed by atoms with E-state index in [1.165, 1.54) is 0 Å². The van der Waals surface area contributed by atoms with Crippen molar-refractivity contribution in [2.24, 2.45) is 0 Å². The first-order valence-electron chi connectivity index (χ1n) is 7.00. The molecule has 0 aliphatic rings. The van der Waals surface area contributed by atoms with Crippen LogP contribution < -0.4 is 5.32 Å². The third-order valence-corrected chi connectivity index (χ3v) is 3.86. The lowest BCUT2D eigenvalue weighted by atomic mass is 10.1. The van der Waals surface area contributed by atoms with Gasteiger partial charge in [0.1, 0.15) is 0 Å². The third kappa shape index (κ3) is 2.51. The molecule has 0 atom stereocenters. The van der Waals surface area contributed by atoms with Crippen LogP contribution in [0, 0.1) is 0 Å². The van der Waals surface area contributed by atoms with Gasteiger partial charge in [-0.1, -0.05) is 17.7 Å². The van der Waals surface area contributed by atoms with Gasteiger partial charge in [0, 0.05) is 27.6 Å². The van der Waals surface area contributed by atoms with Gasteiger partial charge in [-0.25, -0.2) is 0 Å². The lowest BCUT2D eigenvalue weighted by Crippen LogP contribution is -2.12. The minimum Gasteiger partial charge on any atom is -0.305 e. The van der Waals surface area contributed by atoms with Crippen LogP contribution in [0.5, 0.6) is 0 Å². The van der Waals surface area contributed by atoms with Crippen molar-refractivity contribution in [2.75, 3.05) is 5.32 Å². The van der Waals surface area contributed by atoms with E-state index in [0.29, 0.717) is 16.4 Å². The first-order valence-corrected chi connectivity index (χ1v) is 7.38. The summed E-state index contributed by atoms with van der Waals surface area (Å²) in [6.45, 7) is 0. The number of halogens is 1. The van der Waals surface area contributed by atoms with Crippen LogP contribution in [-0.2, 0) is 0 Å². The molecular weight excluding hydrogens is 312 g/mol. The van der Waals surface area contributed by atoms with E-state index in [2.05, 4.69) is 20.5 Å². The van der Waals surface area contributed by atoms with Gasteiger partial charge >= 0.3 is 0 Å². The van der Waals surface area contributed by atoms with Crippen LogP contribution in [0.15, 0.2) is 54.7 Å². The molecule has 6 heteroatoms. The topological polar surface area (TPSA) is 70.7 Å². The van der Waals surface area contributed by atoms with E-state index in [4.69, 9.17) is 11.6 Å². The number of aromatic nitrogens is 3. The fourth-order valence-corrected chi connectivity index (χ4v) is 2.66. The van der Waals surface area contributed by atoms with E-state index in [1.807, 2.05) is 30.3 Å². The number of carbonyl (C=O) groups excluding carboxylic acids is 1. The number of nitrogens with one attached hydrogen (secondary N) is 2. The van der Waals surface area contributed by atoms with Crippen LogP contribution in [0.2, 0.25) is 5.02 Å². The Morgan fingerprint density at radius 2 is 2.04 bits per heavy atom. The first-order chi connectivity index (χ1) is 11.2. The highest BCUT2D eigenvalue weighted by Crippen LogP contribution is 2.24. The lowest BCUT2D eigenvalue weighted by Gasteiger charge is -2.04. The van der Waals surface area contributed by atoms with E-state index < -0.39 is 0 Å². The van der Waals surface area contributed by atoms with Crippen molar-refractivity contribution in [1.82, 2.24) is 15.2 Å². The van der Waals surface area contributed by atoms with Crippen molar-refractivity contribution in [3.8, 4) is 0 Å². The largest absolute Gasteiger partial charge is 0.305 e. The van der Waals surface area contributed by atoms with Crippen LogP contribution in [-0.4, -0.2) is 21.1 Å². The molecule has 2 aromatic heterocycles. The van der Waals surface area contributed by atoms with Gasteiger partial charge in [-0.05, 0) is 42.5 Å². The molecule has 0 radical (unpaired) electrons. The van der Waals surface area contributed by atoms with Crippen LogP contribution in [0.1, 0.15) is 10.4 Å². The molecule has 112 valence electrons. The first kappa shape index (κ1) is 13.7. The average molecular weight is 323 g/mol. The predicted octanol–water partition coefficient (Wildman–Crippen LogP) is 4.02. The maximum Gasteiger partial charge on any atom is 0.256 e. The molecule has 0 unspecified atom stereocenters. The van der Waals surface area contributed by atoms with Crippen molar-refractivity contribution in [3.05, 3.63) is 65.3 Å². The molecule has 0 spiro atoms. The summed E-state index contributed by atoms with van der Waals surface area (Å²) < 4.78 is 0. The Morgan fingerprint density at radius 3 is 2.96 bits per heavy atom. The molecule has 2 aromatic carbocycles. The van der Waals surface area contributed by atoms with Crippen molar-refractivity contribution in [3.63, 3.8) is 0 Å². The second-order valence-corrected chi connectivity index (χ2v) is 5.56. The molecular formula is C17H11ClN4O. The maximum atomic E-state index is 12.5. The number of aromatic amines is 1. The SMILES string of the molecule is O=C(Nc1n[nH]c2cc(Cl)ccc12)c1ccc2ncccc2c1. The van der Waals surface area contributed by atoms with Gasteiger partial charge in [0.05, 0.1) is 11.0 Å². The molecule has 0 aliphatic heterocycles. The molecule has 0 saturated carbocycles. The Balaban J connectivity index is 1.67. The summed E-state index contributed by atoms with van der Waals surface area (Å²) in [5.41, 5.74) is 2.18. The van der Waals surface area contributed by atoms with E-state index >= 15 is 0 Å². The second-order valence-electron chi connectivity index (χ2n) is 5.13. The number of fused-ring (bicyclic) bond motifs is 2. The second kappa shape index (κ2) is 5.37. The van der Waals surface area contributed by atoms with Crippen LogP contribution in [0.25, 0.3) is 21.8 Å². The molecule has 0 aliphatic carbocycles. The molecule has 2 N–H and O–H groups in total. The van der Waals surface area contributed by atoms with Gasteiger partial charge in [-0.15, -0.1) is 0 Å². The standard InChI is InChI=1S/C17H11ClN4O/c18-12-4-5-13-15(9-12)21-22-16(13)20-17(23)11-3-6-14-10(8-11)2-1-7-19-14/h1-9H,(H2,20,21,22,23). The molecule has 0 saturated heterocycles. The van der Waals surface area contributed by atoms with Gasteiger partial charge < -0.3 is 5.32 Å². The maximum absolute atomic E-state index is 12.5. The van der Waals surface area contributed by atoms with Gasteiger partial charge in [0.2, 0.25) is 0 Å². The molecule has 0 bridgehead atoms.